The van der Waals surface area contributed by atoms with E-state index < -0.39 is 17.9 Å². The number of halogens is 1. The van der Waals surface area contributed by atoms with Crippen molar-refractivity contribution >= 4 is 40.1 Å². The van der Waals surface area contributed by atoms with Crippen LogP contribution in [0.15, 0.2) is 40.8 Å². The van der Waals surface area contributed by atoms with Crippen LogP contribution in [0.1, 0.15) is 36.8 Å². The van der Waals surface area contributed by atoms with Crippen LogP contribution in [0.2, 0.25) is 0 Å². The van der Waals surface area contributed by atoms with Crippen LogP contribution in [0.5, 0.6) is 0 Å². The molecule has 0 bridgehead atoms. The third-order valence-corrected chi connectivity index (χ3v) is 4.69. The summed E-state index contributed by atoms with van der Waals surface area (Å²) in [6.45, 7) is 6.58. The molecule has 0 saturated heterocycles. The van der Waals surface area contributed by atoms with Gasteiger partial charge in [0, 0.05) is 29.2 Å². The molecule has 1 atom stereocenters. The Labute approximate surface area is 172 Å². The predicted octanol–water partition coefficient (Wildman–Crippen LogP) is 3.96. The smallest absolute Gasteiger partial charge is 0.313 e. The Balaban J connectivity index is 1.72. The Bertz CT molecular complexity index is 1150. The van der Waals surface area contributed by atoms with E-state index in [0.717, 1.165) is 5.56 Å². The predicted molar refractivity (Wildman–Crippen MR) is 112 cm³/mol. The van der Waals surface area contributed by atoms with Crippen LogP contribution in [0.4, 0.5) is 15.8 Å². The zero-order valence-electron chi connectivity index (χ0n) is 17.1. The molecule has 3 rings (SSSR count). The van der Waals surface area contributed by atoms with E-state index in [9.17, 15) is 18.8 Å². The van der Waals surface area contributed by atoms with Crippen molar-refractivity contribution in [3.05, 3.63) is 59.1 Å². The molecular weight excluding hydrogens is 389 g/mol. The molecule has 1 unspecified atom stereocenters. The molecule has 1 heterocycles. The van der Waals surface area contributed by atoms with Crippen LogP contribution in [0.25, 0.3) is 11.0 Å². The van der Waals surface area contributed by atoms with Crippen molar-refractivity contribution in [2.45, 2.75) is 33.7 Å². The highest BCUT2D eigenvalue weighted by Gasteiger charge is 2.22. The van der Waals surface area contributed by atoms with Crippen LogP contribution in [-0.2, 0) is 14.4 Å². The van der Waals surface area contributed by atoms with E-state index in [0.29, 0.717) is 33.7 Å². The lowest BCUT2D eigenvalue weighted by Gasteiger charge is -2.14. The van der Waals surface area contributed by atoms with Gasteiger partial charge < -0.3 is 20.4 Å². The molecule has 0 fully saturated rings. The molecule has 2 aromatic carbocycles. The summed E-state index contributed by atoms with van der Waals surface area (Å²) in [4.78, 5) is 36.0. The molecule has 1 aromatic heterocycles. The Hall–Kier alpha value is -3.68. The van der Waals surface area contributed by atoms with Crippen molar-refractivity contribution in [1.29, 1.82) is 0 Å². The first kappa shape index (κ1) is 21.0. The summed E-state index contributed by atoms with van der Waals surface area (Å²) in [7, 11) is 0. The lowest BCUT2D eigenvalue weighted by Crippen LogP contribution is -2.37. The second-order valence-electron chi connectivity index (χ2n) is 7.09. The van der Waals surface area contributed by atoms with Gasteiger partial charge in [0.15, 0.2) is 0 Å². The van der Waals surface area contributed by atoms with Gasteiger partial charge >= 0.3 is 11.8 Å². The standard InChI is InChI=1S/C22H22FN3O4/c1-11-5-7-16(25-14(4)27)10-18(11)26-22(29)21(28)24-13(3)20-12(2)17-9-15(23)6-8-19(17)30-20/h5-10,13H,1-4H3,(H,24,28)(H,25,27)(H,26,29). The van der Waals surface area contributed by atoms with Crippen LogP contribution >= 0.6 is 0 Å². The van der Waals surface area contributed by atoms with Crippen molar-refractivity contribution in [2.24, 2.45) is 0 Å². The summed E-state index contributed by atoms with van der Waals surface area (Å²) in [5.41, 5.74) is 2.83. The van der Waals surface area contributed by atoms with Crippen molar-refractivity contribution in [3.8, 4) is 0 Å². The molecule has 0 aliphatic rings. The van der Waals surface area contributed by atoms with Gasteiger partial charge in [-0.05, 0) is 56.7 Å². The first-order valence-corrected chi connectivity index (χ1v) is 9.34. The Morgan fingerprint density at radius 2 is 1.73 bits per heavy atom. The number of hydrogen-bond donors (Lipinski definition) is 3. The highest BCUT2D eigenvalue weighted by atomic mass is 19.1. The number of furan rings is 1. The topological polar surface area (TPSA) is 100 Å². The molecule has 8 heteroatoms. The second kappa shape index (κ2) is 8.36. The summed E-state index contributed by atoms with van der Waals surface area (Å²) in [5, 5.41) is 8.37. The van der Waals surface area contributed by atoms with Crippen molar-refractivity contribution in [1.82, 2.24) is 5.32 Å². The summed E-state index contributed by atoms with van der Waals surface area (Å²) in [6, 6.07) is 8.56. The molecule has 0 radical (unpaired) electrons. The van der Waals surface area contributed by atoms with Gasteiger partial charge in [-0.25, -0.2) is 4.39 Å². The van der Waals surface area contributed by atoms with Gasteiger partial charge in [-0.1, -0.05) is 6.07 Å². The fourth-order valence-corrected chi connectivity index (χ4v) is 3.17. The maximum atomic E-state index is 13.5. The lowest BCUT2D eigenvalue weighted by atomic mass is 10.1. The van der Waals surface area contributed by atoms with Gasteiger partial charge in [0.05, 0.1) is 6.04 Å². The number of anilines is 2. The SMILES string of the molecule is CC(=O)Nc1ccc(C)c(NC(=O)C(=O)NC(C)c2oc3ccc(F)cc3c2C)c1. The molecule has 0 spiro atoms. The minimum absolute atomic E-state index is 0.246. The highest BCUT2D eigenvalue weighted by molar-refractivity contribution is 6.39. The molecular formula is C22H22FN3O4. The largest absolute Gasteiger partial charge is 0.459 e. The molecule has 7 nitrogen and oxygen atoms in total. The van der Waals surface area contributed by atoms with E-state index in [2.05, 4.69) is 16.0 Å². The zero-order chi connectivity index (χ0) is 22.0. The quantitative estimate of drug-likeness (QED) is 0.566. The van der Waals surface area contributed by atoms with E-state index >= 15 is 0 Å². The molecule has 156 valence electrons. The van der Waals surface area contributed by atoms with Crippen molar-refractivity contribution in [3.63, 3.8) is 0 Å². The number of carbonyl (C=O) groups is 3. The van der Waals surface area contributed by atoms with Gasteiger partial charge in [0.2, 0.25) is 5.91 Å². The fraction of sp³-hybridized carbons (Fsp3) is 0.227. The minimum atomic E-state index is -0.857. The number of fused-ring (bicyclic) bond motifs is 1. The molecule has 3 amide bonds. The monoisotopic (exact) mass is 411 g/mol. The number of rotatable bonds is 4. The Morgan fingerprint density at radius 3 is 2.43 bits per heavy atom. The van der Waals surface area contributed by atoms with Crippen LogP contribution in [0.3, 0.4) is 0 Å². The van der Waals surface area contributed by atoms with Crippen LogP contribution < -0.4 is 16.0 Å². The Morgan fingerprint density at radius 1 is 1.00 bits per heavy atom. The van der Waals surface area contributed by atoms with Gasteiger partial charge in [-0.15, -0.1) is 0 Å². The molecule has 0 saturated carbocycles. The van der Waals surface area contributed by atoms with Crippen molar-refractivity contribution < 1.29 is 23.2 Å². The Kier molecular flexibility index (Phi) is 5.86. The number of aryl methyl sites for hydroxylation is 2. The minimum Gasteiger partial charge on any atom is -0.459 e. The summed E-state index contributed by atoms with van der Waals surface area (Å²) < 4.78 is 19.2. The molecule has 30 heavy (non-hydrogen) atoms. The van der Waals surface area contributed by atoms with Gasteiger partial charge in [-0.2, -0.15) is 0 Å². The average molecular weight is 411 g/mol. The maximum absolute atomic E-state index is 13.5. The second-order valence-corrected chi connectivity index (χ2v) is 7.09. The third-order valence-electron chi connectivity index (χ3n) is 4.69. The van der Waals surface area contributed by atoms with E-state index in [1.54, 1.807) is 39.0 Å². The van der Waals surface area contributed by atoms with Gasteiger partial charge in [0.1, 0.15) is 17.2 Å². The van der Waals surface area contributed by atoms with E-state index in [1.165, 1.54) is 25.1 Å². The number of benzene rings is 2. The zero-order valence-corrected chi connectivity index (χ0v) is 17.1. The first-order valence-electron chi connectivity index (χ1n) is 9.34. The van der Waals surface area contributed by atoms with Crippen LogP contribution in [0, 0.1) is 19.7 Å². The van der Waals surface area contributed by atoms with E-state index in [-0.39, 0.29) is 11.7 Å². The average Bonchev–Trinajstić information content (AvgIpc) is 3.00. The number of hydrogen-bond acceptors (Lipinski definition) is 4. The third kappa shape index (κ3) is 4.48. The van der Waals surface area contributed by atoms with Crippen LogP contribution in [-0.4, -0.2) is 17.7 Å². The number of amides is 3. The summed E-state index contributed by atoms with van der Waals surface area (Å²) >= 11 is 0. The van der Waals surface area contributed by atoms with E-state index in [1.807, 2.05) is 0 Å². The number of nitrogens with one attached hydrogen (secondary N) is 3. The normalized spacial score (nSPS) is 11.8. The van der Waals surface area contributed by atoms with E-state index in [4.69, 9.17) is 4.42 Å². The van der Waals surface area contributed by atoms with Gasteiger partial charge in [0.25, 0.3) is 0 Å². The van der Waals surface area contributed by atoms with Gasteiger partial charge in [-0.3, -0.25) is 14.4 Å². The molecule has 0 aliphatic carbocycles. The molecule has 3 aromatic rings. The molecule has 0 aliphatic heterocycles. The fourth-order valence-electron chi connectivity index (χ4n) is 3.17. The molecule has 3 N–H and O–H groups in total. The summed E-state index contributed by atoms with van der Waals surface area (Å²) in [5.74, 6) is -1.89. The van der Waals surface area contributed by atoms with Crippen molar-refractivity contribution in [2.75, 3.05) is 10.6 Å². The lowest BCUT2D eigenvalue weighted by molar-refractivity contribution is -0.136. The number of carbonyl (C=O) groups excluding carboxylic acids is 3. The maximum Gasteiger partial charge on any atom is 0.313 e. The summed E-state index contributed by atoms with van der Waals surface area (Å²) in [6.07, 6.45) is 0. The highest BCUT2D eigenvalue weighted by Crippen LogP contribution is 2.30. The first-order chi connectivity index (χ1) is 14.2.